The van der Waals surface area contributed by atoms with Gasteiger partial charge in [-0.25, -0.2) is 0 Å². The van der Waals surface area contributed by atoms with Crippen molar-refractivity contribution in [3.63, 3.8) is 0 Å². The van der Waals surface area contributed by atoms with Crippen LogP contribution in [0.4, 0.5) is 5.69 Å². The molecule has 0 spiro atoms. The minimum atomic E-state index is -0.0707. The Balaban J connectivity index is 1.67. The number of nitrogens with zero attached hydrogens (tertiary/aromatic N) is 1. The zero-order valence-electron chi connectivity index (χ0n) is 15.4. The van der Waals surface area contributed by atoms with Crippen molar-refractivity contribution in [3.8, 4) is 17.2 Å². The number of fused-ring (bicyclic) bond motifs is 1. The molecule has 0 fully saturated rings. The molecule has 1 heterocycles. The Bertz CT molecular complexity index is 766. The minimum absolute atomic E-state index is 0.0707. The molecule has 2 aromatic rings. The van der Waals surface area contributed by atoms with Crippen molar-refractivity contribution in [3.05, 3.63) is 47.5 Å². The van der Waals surface area contributed by atoms with Crippen LogP contribution in [-0.2, 0) is 17.8 Å². The van der Waals surface area contributed by atoms with Gasteiger partial charge in [-0.1, -0.05) is 24.3 Å². The predicted molar refractivity (Wildman–Crippen MR) is 100 cm³/mol. The summed E-state index contributed by atoms with van der Waals surface area (Å²) in [7, 11) is 4.65. The second kappa shape index (κ2) is 8.10. The Morgan fingerprint density at radius 1 is 1.04 bits per heavy atom. The summed E-state index contributed by atoms with van der Waals surface area (Å²) in [5.41, 5.74) is 3.27. The van der Waals surface area contributed by atoms with Crippen molar-refractivity contribution < 1.29 is 19.0 Å². The van der Waals surface area contributed by atoms with E-state index in [0.717, 1.165) is 19.5 Å². The van der Waals surface area contributed by atoms with E-state index in [-0.39, 0.29) is 5.91 Å². The molecule has 1 aliphatic rings. The summed E-state index contributed by atoms with van der Waals surface area (Å²) >= 11 is 0. The largest absolute Gasteiger partial charge is 0.493 e. The fourth-order valence-electron chi connectivity index (χ4n) is 3.25. The molecule has 2 aromatic carbocycles. The number of anilines is 1. The standard InChI is InChI=1S/C20H24N2O4/c1-24-17-10-16(11-18(25-2)20(17)26-3)21-19(23)13-22-9-8-14-6-4-5-7-15(14)12-22/h4-7,10-11H,8-9,12-13H2,1-3H3,(H,21,23). The third-order valence-electron chi connectivity index (χ3n) is 4.53. The Morgan fingerprint density at radius 2 is 1.69 bits per heavy atom. The lowest BCUT2D eigenvalue weighted by atomic mass is 10.00. The maximum atomic E-state index is 12.5. The van der Waals surface area contributed by atoms with Crippen LogP contribution in [0, 0.1) is 0 Å². The molecule has 6 nitrogen and oxygen atoms in total. The van der Waals surface area contributed by atoms with Gasteiger partial charge in [0.05, 0.1) is 27.9 Å². The first-order chi connectivity index (χ1) is 12.6. The molecule has 26 heavy (non-hydrogen) atoms. The molecular weight excluding hydrogens is 332 g/mol. The van der Waals surface area contributed by atoms with E-state index in [0.29, 0.717) is 29.5 Å². The number of hydrogen-bond donors (Lipinski definition) is 1. The first-order valence-corrected chi connectivity index (χ1v) is 8.53. The van der Waals surface area contributed by atoms with Gasteiger partial charge < -0.3 is 19.5 Å². The molecule has 1 aliphatic heterocycles. The summed E-state index contributed by atoms with van der Waals surface area (Å²) in [5, 5.41) is 2.92. The summed E-state index contributed by atoms with van der Waals surface area (Å²) in [4.78, 5) is 14.6. The van der Waals surface area contributed by atoms with Crippen LogP contribution in [0.2, 0.25) is 0 Å². The van der Waals surface area contributed by atoms with Crippen molar-refractivity contribution >= 4 is 11.6 Å². The van der Waals surface area contributed by atoms with Gasteiger partial charge in [0.25, 0.3) is 0 Å². The van der Waals surface area contributed by atoms with Crippen LogP contribution in [0.15, 0.2) is 36.4 Å². The Hall–Kier alpha value is -2.73. The van der Waals surface area contributed by atoms with E-state index in [1.165, 1.54) is 11.1 Å². The van der Waals surface area contributed by atoms with Crippen molar-refractivity contribution in [1.29, 1.82) is 0 Å². The highest BCUT2D eigenvalue weighted by Crippen LogP contribution is 2.39. The maximum absolute atomic E-state index is 12.5. The molecule has 0 radical (unpaired) electrons. The number of hydrogen-bond acceptors (Lipinski definition) is 5. The fraction of sp³-hybridized carbons (Fsp3) is 0.350. The zero-order valence-corrected chi connectivity index (χ0v) is 15.4. The number of carbonyl (C=O) groups excluding carboxylic acids is 1. The monoisotopic (exact) mass is 356 g/mol. The zero-order chi connectivity index (χ0) is 18.5. The number of methoxy groups -OCH3 is 3. The first kappa shape index (κ1) is 18.1. The lowest BCUT2D eigenvalue weighted by Crippen LogP contribution is -2.37. The quantitative estimate of drug-likeness (QED) is 0.862. The van der Waals surface area contributed by atoms with Gasteiger partial charge in [0.1, 0.15) is 0 Å². The third-order valence-corrected chi connectivity index (χ3v) is 4.53. The van der Waals surface area contributed by atoms with Crippen LogP contribution >= 0.6 is 0 Å². The molecule has 0 aliphatic carbocycles. The smallest absolute Gasteiger partial charge is 0.238 e. The molecule has 3 rings (SSSR count). The van der Waals surface area contributed by atoms with Crippen molar-refractivity contribution in [2.45, 2.75) is 13.0 Å². The van der Waals surface area contributed by atoms with Gasteiger partial charge in [-0.15, -0.1) is 0 Å². The van der Waals surface area contributed by atoms with Crippen LogP contribution in [0.3, 0.4) is 0 Å². The molecule has 138 valence electrons. The van der Waals surface area contributed by atoms with Gasteiger partial charge in [-0.2, -0.15) is 0 Å². The number of carbonyl (C=O) groups is 1. The first-order valence-electron chi connectivity index (χ1n) is 8.53. The Kier molecular flexibility index (Phi) is 5.63. The predicted octanol–water partition coefficient (Wildman–Crippen LogP) is 2.71. The normalized spacial score (nSPS) is 13.7. The highest BCUT2D eigenvalue weighted by atomic mass is 16.5. The summed E-state index contributed by atoms with van der Waals surface area (Å²) in [6.45, 7) is 2.00. The number of ether oxygens (including phenoxy) is 3. The number of benzene rings is 2. The van der Waals surface area contributed by atoms with Gasteiger partial charge >= 0.3 is 0 Å². The number of nitrogens with one attached hydrogen (secondary N) is 1. The van der Waals surface area contributed by atoms with Crippen molar-refractivity contribution in [1.82, 2.24) is 4.90 Å². The van der Waals surface area contributed by atoms with E-state index < -0.39 is 0 Å². The van der Waals surface area contributed by atoms with Crippen molar-refractivity contribution in [2.24, 2.45) is 0 Å². The van der Waals surface area contributed by atoms with E-state index in [4.69, 9.17) is 14.2 Å². The molecule has 0 saturated heterocycles. The fourth-order valence-corrected chi connectivity index (χ4v) is 3.25. The van der Waals surface area contributed by atoms with E-state index >= 15 is 0 Å². The molecule has 1 amide bonds. The average molecular weight is 356 g/mol. The molecule has 0 atom stereocenters. The Labute approximate surface area is 153 Å². The van der Waals surface area contributed by atoms with E-state index in [1.54, 1.807) is 33.5 Å². The minimum Gasteiger partial charge on any atom is -0.493 e. The summed E-state index contributed by atoms with van der Waals surface area (Å²) < 4.78 is 15.9. The average Bonchev–Trinajstić information content (AvgIpc) is 2.66. The van der Waals surface area contributed by atoms with Crippen LogP contribution in [0.1, 0.15) is 11.1 Å². The van der Waals surface area contributed by atoms with E-state index in [2.05, 4.69) is 28.4 Å². The molecule has 0 bridgehead atoms. The molecule has 1 N–H and O–H groups in total. The lowest BCUT2D eigenvalue weighted by Gasteiger charge is -2.28. The van der Waals surface area contributed by atoms with Crippen molar-refractivity contribution in [2.75, 3.05) is 39.7 Å². The topological polar surface area (TPSA) is 60.0 Å². The van der Waals surface area contributed by atoms with Crippen LogP contribution in [0.5, 0.6) is 17.2 Å². The molecule has 0 saturated carbocycles. The molecule has 0 unspecified atom stereocenters. The van der Waals surface area contributed by atoms with Gasteiger partial charge in [-0.05, 0) is 17.5 Å². The van der Waals surface area contributed by atoms with Gasteiger partial charge in [0.15, 0.2) is 11.5 Å². The van der Waals surface area contributed by atoms with E-state index in [9.17, 15) is 4.79 Å². The van der Waals surface area contributed by atoms with E-state index in [1.807, 2.05) is 6.07 Å². The van der Waals surface area contributed by atoms with Crippen LogP contribution in [0.25, 0.3) is 0 Å². The maximum Gasteiger partial charge on any atom is 0.238 e. The van der Waals surface area contributed by atoms with Gasteiger partial charge in [-0.3, -0.25) is 9.69 Å². The highest BCUT2D eigenvalue weighted by molar-refractivity contribution is 5.93. The lowest BCUT2D eigenvalue weighted by molar-refractivity contribution is -0.117. The third kappa shape index (κ3) is 3.91. The van der Waals surface area contributed by atoms with Crippen LogP contribution < -0.4 is 19.5 Å². The van der Waals surface area contributed by atoms with Gasteiger partial charge in [0, 0.05) is 30.9 Å². The Morgan fingerprint density at radius 3 is 2.31 bits per heavy atom. The SMILES string of the molecule is COc1cc(NC(=O)CN2CCc3ccccc3C2)cc(OC)c1OC. The molecule has 6 heteroatoms. The number of rotatable bonds is 6. The second-order valence-electron chi connectivity index (χ2n) is 6.19. The van der Waals surface area contributed by atoms with Crippen LogP contribution in [-0.4, -0.2) is 45.2 Å². The summed E-state index contributed by atoms with van der Waals surface area (Å²) in [5.74, 6) is 1.45. The summed E-state index contributed by atoms with van der Waals surface area (Å²) in [6, 6.07) is 11.8. The second-order valence-corrected chi connectivity index (χ2v) is 6.19. The van der Waals surface area contributed by atoms with Gasteiger partial charge in [0.2, 0.25) is 11.7 Å². The molecule has 0 aromatic heterocycles. The summed E-state index contributed by atoms with van der Waals surface area (Å²) in [6.07, 6.45) is 0.966. The highest BCUT2D eigenvalue weighted by Gasteiger charge is 2.19. The molecular formula is C20H24N2O4. The number of amides is 1.